The van der Waals surface area contributed by atoms with Gasteiger partial charge < -0.3 is 20.2 Å². The minimum absolute atomic E-state index is 0.179. The van der Waals surface area contributed by atoms with E-state index in [2.05, 4.69) is 27.3 Å². The van der Waals surface area contributed by atoms with Gasteiger partial charge in [-0.1, -0.05) is 18.2 Å². The molecule has 1 aromatic heterocycles. The molecule has 2 N–H and O–H groups in total. The second-order valence-corrected chi connectivity index (χ2v) is 6.67. The lowest BCUT2D eigenvalue weighted by atomic mass is 10.1. The van der Waals surface area contributed by atoms with Crippen LogP contribution in [0, 0.1) is 0 Å². The average molecular weight is 341 g/mol. The van der Waals surface area contributed by atoms with Gasteiger partial charge in [0.25, 0.3) is 0 Å². The van der Waals surface area contributed by atoms with Gasteiger partial charge in [0.1, 0.15) is 5.82 Å². The number of aliphatic imine (C=N–C) groups is 1. The Hall–Kier alpha value is -2.34. The van der Waals surface area contributed by atoms with Gasteiger partial charge in [0.15, 0.2) is 5.96 Å². The van der Waals surface area contributed by atoms with Crippen LogP contribution in [0.1, 0.15) is 18.4 Å². The third-order valence-electron chi connectivity index (χ3n) is 4.66. The van der Waals surface area contributed by atoms with E-state index in [0.717, 1.165) is 48.6 Å². The van der Waals surface area contributed by atoms with E-state index in [1.165, 1.54) is 5.56 Å². The van der Waals surface area contributed by atoms with Crippen LogP contribution in [0.2, 0.25) is 0 Å². The highest BCUT2D eigenvalue weighted by Gasteiger charge is 2.19. The summed E-state index contributed by atoms with van der Waals surface area (Å²) in [5.74, 6) is 1.84. The molecule has 6 heteroatoms. The molecule has 3 rings (SSSR count). The summed E-state index contributed by atoms with van der Waals surface area (Å²) in [4.78, 5) is 13.4. The molecule has 1 aliphatic rings. The van der Waals surface area contributed by atoms with Crippen LogP contribution in [0.15, 0.2) is 35.3 Å². The Morgan fingerprint density at radius 2 is 2.04 bits per heavy atom. The van der Waals surface area contributed by atoms with Gasteiger partial charge in [0, 0.05) is 46.2 Å². The smallest absolute Gasteiger partial charge is 0.193 e. The van der Waals surface area contributed by atoms with Crippen molar-refractivity contribution < 1.29 is 5.11 Å². The van der Waals surface area contributed by atoms with E-state index in [-0.39, 0.29) is 6.10 Å². The maximum atomic E-state index is 9.69. The number of aromatic nitrogens is 1. The summed E-state index contributed by atoms with van der Waals surface area (Å²) in [6.07, 6.45) is 1.41. The quantitative estimate of drug-likeness (QED) is 0.659. The first-order valence-corrected chi connectivity index (χ1v) is 8.78. The number of pyridine rings is 1. The number of hydrogen-bond acceptors (Lipinski definition) is 4. The van der Waals surface area contributed by atoms with Crippen LogP contribution in [0.4, 0.5) is 5.82 Å². The number of aliphatic hydroxyl groups excluding tert-OH is 1. The maximum absolute atomic E-state index is 9.69. The zero-order chi connectivity index (χ0) is 17.8. The SMILES string of the molecule is CN=C(NCc1cc(N(C)C)nc2ccccc12)N1CCC(O)CC1. The molecule has 0 bridgehead atoms. The second-order valence-electron chi connectivity index (χ2n) is 6.67. The Morgan fingerprint density at radius 3 is 2.72 bits per heavy atom. The molecule has 0 saturated carbocycles. The summed E-state index contributed by atoms with van der Waals surface area (Å²) in [6, 6.07) is 10.3. The number of guanidine groups is 1. The number of para-hydroxylation sites is 1. The van der Waals surface area contributed by atoms with E-state index in [4.69, 9.17) is 4.98 Å². The Kier molecular flexibility index (Phi) is 5.38. The molecule has 25 heavy (non-hydrogen) atoms. The zero-order valence-electron chi connectivity index (χ0n) is 15.2. The fourth-order valence-corrected chi connectivity index (χ4v) is 3.19. The topological polar surface area (TPSA) is 64.0 Å². The molecule has 0 unspecified atom stereocenters. The lowest BCUT2D eigenvalue weighted by molar-refractivity contribution is 0.108. The van der Waals surface area contributed by atoms with Crippen molar-refractivity contribution in [2.24, 2.45) is 4.99 Å². The first-order valence-electron chi connectivity index (χ1n) is 8.78. The third-order valence-corrected chi connectivity index (χ3v) is 4.66. The van der Waals surface area contributed by atoms with Crippen LogP contribution in [0.3, 0.4) is 0 Å². The molecule has 6 nitrogen and oxygen atoms in total. The number of piperidine rings is 1. The lowest BCUT2D eigenvalue weighted by Gasteiger charge is -2.32. The van der Waals surface area contributed by atoms with Crippen molar-refractivity contribution in [3.8, 4) is 0 Å². The van der Waals surface area contributed by atoms with Gasteiger partial charge in [-0.2, -0.15) is 0 Å². The molecule has 134 valence electrons. The molecule has 0 atom stereocenters. The number of rotatable bonds is 3. The molecule has 1 aromatic carbocycles. The molecule has 1 saturated heterocycles. The minimum atomic E-state index is -0.179. The molecule has 0 radical (unpaired) electrons. The van der Waals surface area contributed by atoms with Gasteiger partial charge >= 0.3 is 0 Å². The molecule has 2 heterocycles. The number of likely N-dealkylation sites (tertiary alicyclic amines) is 1. The monoisotopic (exact) mass is 341 g/mol. The van der Waals surface area contributed by atoms with Crippen LogP contribution in [0.5, 0.6) is 0 Å². The van der Waals surface area contributed by atoms with Gasteiger partial charge in [-0.05, 0) is 30.5 Å². The van der Waals surface area contributed by atoms with Crippen molar-refractivity contribution in [2.75, 3.05) is 39.1 Å². The number of nitrogens with one attached hydrogen (secondary N) is 1. The number of benzene rings is 1. The third kappa shape index (κ3) is 4.02. The normalized spacial score (nSPS) is 16.3. The van der Waals surface area contributed by atoms with Gasteiger partial charge in [-0.3, -0.25) is 4.99 Å². The standard InChI is InChI=1S/C19H27N5O/c1-20-19(24-10-8-15(25)9-11-24)21-13-14-12-18(23(2)3)22-17-7-5-4-6-16(14)17/h4-7,12,15,25H,8-11,13H2,1-3H3,(H,20,21). The molecule has 0 spiro atoms. The second kappa shape index (κ2) is 7.70. The average Bonchev–Trinajstić information content (AvgIpc) is 2.63. The van der Waals surface area contributed by atoms with Crippen LogP contribution >= 0.6 is 0 Å². The predicted molar refractivity (Wildman–Crippen MR) is 103 cm³/mol. The molecule has 2 aromatic rings. The van der Waals surface area contributed by atoms with Gasteiger partial charge in [-0.25, -0.2) is 4.98 Å². The number of anilines is 1. The Labute approximate surface area is 149 Å². The lowest BCUT2D eigenvalue weighted by Crippen LogP contribution is -2.46. The maximum Gasteiger partial charge on any atom is 0.193 e. The fraction of sp³-hybridized carbons (Fsp3) is 0.474. The molecule has 1 fully saturated rings. The van der Waals surface area contributed by atoms with Crippen molar-refractivity contribution in [1.82, 2.24) is 15.2 Å². The highest BCUT2D eigenvalue weighted by Crippen LogP contribution is 2.22. The first kappa shape index (κ1) is 17.5. The van der Waals surface area contributed by atoms with E-state index >= 15 is 0 Å². The van der Waals surface area contributed by atoms with E-state index in [0.29, 0.717) is 6.54 Å². The van der Waals surface area contributed by atoms with Gasteiger partial charge in [-0.15, -0.1) is 0 Å². The summed E-state index contributed by atoms with van der Waals surface area (Å²) >= 11 is 0. The summed E-state index contributed by atoms with van der Waals surface area (Å²) in [5, 5.41) is 14.3. The number of aliphatic hydroxyl groups is 1. The Morgan fingerprint density at radius 1 is 1.32 bits per heavy atom. The summed E-state index contributed by atoms with van der Waals surface area (Å²) in [7, 11) is 5.82. The number of hydrogen-bond donors (Lipinski definition) is 2. The number of nitrogens with zero attached hydrogens (tertiary/aromatic N) is 4. The summed E-state index contributed by atoms with van der Waals surface area (Å²) in [6.45, 7) is 2.36. The molecule has 0 aliphatic carbocycles. The van der Waals surface area contributed by atoms with Crippen LogP contribution in [-0.2, 0) is 6.54 Å². The molecule has 1 aliphatic heterocycles. The molecular weight excluding hydrogens is 314 g/mol. The molecular formula is C19H27N5O. The van der Waals surface area contributed by atoms with Gasteiger partial charge in [0.05, 0.1) is 11.6 Å². The fourth-order valence-electron chi connectivity index (χ4n) is 3.19. The highest BCUT2D eigenvalue weighted by molar-refractivity contribution is 5.85. The Bertz CT molecular complexity index is 751. The van der Waals surface area contributed by atoms with E-state index in [9.17, 15) is 5.11 Å². The minimum Gasteiger partial charge on any atom is -0.393 e. The Balaban J connectivity index is 1.80. The highest BCUT2D eigenvalue weighted by atomic mass is 16.3. The predicted octanol–water partition coefficient (Wildman–Crippen LogP) is 1.83. The summed E-state index contributed by atoms with van der Waals surface area (Å²) in [5.41, 5.74) is 2.20. The van der Waals surface area contributed by atoms with Crippen molar-refractivity contribution in [3.63, 3.8) is 0 Å². The van der Waals surface area contributed by atoms with E-state index in [1.54, 1.807) is 0 Å². The first-order chi connectivity index (χ1) is 12.1. The summed E-state index contributed by atoms with van der Waals surface area (Å²) < 4.78 is 0. The van der Waals surface area contributed by atoms with E-state index in [1.807, 2.05) is 44.2 Å². The van der Waals surface area contributed by atoms with Crippen molar-refractivity contribution in [2.45, 2.75) is 25.5 Å². The van der Waals surface area contributed by atoms with Crippen molar-refractivity contribution in [1.29, 1.82) is 0 Å². The van der Waals surface area contributed by atoms with Crippen LogP contribution in [0.25, 0.3) is 10.9 Å². The van der Waals surface area contributed by atoms with Crippen molar-refractivity contribution in [3.05, 3.63) is 35.9 Å². The molecule has 0 amide bonds. The largest absolute Gasteiger partial charge is 0.393 e. The van der Waals surface area contributed by atoms with Crippen LogP contribution in [-0.4, -0.2) is 61.3 Å². The van der Waals surface area contributed by atoms with E-state index < -0.39 is 0 Å². The zero-order valence-corrected chi connectivity index (χ0v) is 15.2. The van der Waals surface area contributed by atoms with Crippen LogP contribution < -0.4 is 10.2 Å². The number of fused-ring (bicyclic) bond motifs is 1. The van der Waals surface area contributed by atoms with Gasteiger partial charge in [0.2, 0.25) is 0 Å². The van der Waals surface area contributed by atoms with Crippen molar-refractivity contribution >= 4 is 22.7 Å².